The second kappa shape index (κ2) is 4.92. The summed E-state index contributed by atoms with van der Waals surface area (Å²) in [6, 6.07) is 5.87. The van der Waals surface area contributed by atoms with E-state index < -0.39 is 6.10 Å². The van der Waals surface area contributed by atoms with Crippen molar-refractivity contribution >= 4 is 23.2 Å². The van der Waals surface area contributed by atoms with Crippen molar-refractivity contribution in [3.8, 4) is 0 Å². The molecule has 3 atom stereocenters. The van der Waals surface area contributed by atoms with E-state index in [-0.39, 0.29) is 6.04 Å². The van der Waals surface area contributed by atoms with Crippen LogP contribution in [0.3, 0.4) is 0 Å². The highest BCUT2D eigenvalue weighted by atomic mass is 35.5. The molecule has 2 N–H and O–H groups in total. The van der Waals surface area contributed by atoms with Gasteiger partial charge in [-0.1, -0.05) is 29.3 Å². The Balaban J connectivity index is 2.14. The molecule has 0 bridgehead atoms. The van der Waals surface area contributed by atoms with Crippen molar-refractivity contribution in [2.24, 2.45) is 0 Å². The number of rotatable bonds is 2. The first kappa shape index (κ1) is 12.2. The summed E-state index contributed by atoms with van der Waals surface area (Å²) in [5.41, 5.74) is 0.820. The number of hydrogen-bond donors (Lipinski definition) is 2. The molecule has 0 amide bonds. The Hall–Kier alpha value is -0.280. The predicted octanol–water partition coefficient (Wildman–Crippen LogP) is 3.17. The zero-order valence-corrected chi connectivity index (χ0v) is 10.6. The highest BCUT2D eigenvalue weighted by Gasteiger charge is 2.27. The van der Waals surface area contributed by atoms with E-state index in [0.29, 0.717) is 16.1 Å². The van der Waals surface area contributed by atoms with Crippen LogP contribution in [0.2, 0.25) is 10.0 Å². The Kier molecular flexibility index (Phi) is 3.75. The van der Waals surface area contributed by atoms with E-state index >= 15 is 0 Å². The van der Waals surface area contributed by atoms with Gasteiger partial charge in [0.05, 0.1) is 16.1 Å². The van der Waals surface area contributed by atoms with Crippen molar-refractivity contribution in [2.75, 3.05) is 0 Å². The van der Waals surface area contributed by atoms with E-state index in [9.17, 15) is 5.11 Å². The summed E-state index contributed by atoms with van der Waals surface area (Å²) in [6.45, 7) is 2.13. The summed E-state index contributed by atoms with van der Waals surface area (Å²) in [7, 11) is 0. The Morgan fingerprint density at radius 3 is 2.62 bits per heavy atom. The molecule has 1 saturated heterocycles. The van der Waals surface area contributed by atoms with Crippen molar-refractivity contribution in [1.29, 1.82) is 0 Å². The molecular formula is C12H15Cl2NO. The number of halogens is 2. The first-order valence-electron chi connectivity index (χ1n) is 5.47. The zero-order chi connectivity index (χ0) is 11.7. The maximum absolute atomic E-state index is 10.2. The third-order valence-corrected chi connectivity index (χ3v) is 3.81. The normalized spacial score (nSPS) is 27.0. The largest absolute Gasteiger partial charge is 0.387 e. The lowest BCUT2D eigenvalue weighted by Gasteiger charge is -2.19. The van der Waals surface area contributed by atoms with Crippen LogP contribution in [0.4, 0.5) is 0 Å². The van der Waals surface area contributed by atoms with Crippen LogP contribution in [-0.2, 0) is 0 Å². The number of aliphatic hydroxyl groups excluding tert-OH is 1. The molecule has 0 radical (unpaired) electrons. The van der Waals surface area contributed by atoms with Crippen molar-refractivity contribution in [1.82, 2.24) is 5.32 Å². The van der Waals surface area contributed by atoms with Gasteiger partial charge in [0.25, 0.3) is 0 Å². The number of aliphatic hydroxyl groups is 1. The van der Waals surface area contributed by atoms with E-state index in [1.54, 1.807) is 12.1 Å². The van der Waals surface area contributed by atoms with Gasteiger partial charge in [0.1, 0.15) is 0 Å². The fourth-order valence-electron chi connectivity index (χ4n) is 2.14. The summed E-state index contributed by atoms with van der Waals surface area (Å²) in [5, 5.41) is 14.6. The summed E-state index contributed by atoms with van der Waals surface area (Å²) in [6.07, 6.45) is 1.57. The minimum absolute atomic E-state index is 0.118. The summed E-state index contributed by atoms with van der Waals surface area (Å²) < 4.78 is 0. The van der Waals surface area contributed by atoms with Crippen LogP contribution < -0.4 is 5.32 Å². The molecule has 1 aliphatic rings. The van der Waals surface area contributed by atoms with Crippen molar-refractivity contribution in [3.05, 3.63) is 33.8 Å². The van der Waals surface area contributed by atoms with Gasteiger partial charge in [-0.25, -0.2) is 0 Å². The monoisotopic (exact) mass is 259 g/mol. The van der Waals surface area contributed by atoms with Crippen LogP contribution >= 0.6 is 23.2 Å². The molecule has 1 aromatic rings. The van der Waals surface area contributed by atoms with Gasteiger partial charge in [0, 0.05) is 12.1 Å². The maximum atomic E-state index is 10.2. The summed E-state index contributed by atoms with van der Waals surface area (Å²) >= 11 is 11.8. The summed E-state index contributed by atoms with van der Waals surface area (Å²) in [4.78, 5) is 0. The molecule has 0 aliphatic carbocycles. The van der Waals surface area contributed by atoms with Gasteiger partial charge in [-0.2, -0.15) is 0 Å². The molecule has 2 nitrogen and oxygen atoms in total. The lowest BCUT2D eigenvalue weighted by molar-refractivity contribution is 0.135. The van der Waals surface area contributed by atoms with Crippen LogP contribution in [-0.4, -0.2) is 17.2 Å². The fourth-order valence-corrected chi connectivity index (χ4v) is 2.45. The van der Waals surface area contributed by atoms with Crippen molar-refractivity contribution < 1.29 is 5.11 Å². The molecule has 16 heavy (non-hydrogen) atoms. The third kappa shape index (κ3) is 2.51. The average molecular weight is 260 g/mol. The topological polar surface area (TPSA) is 32.3 Å². The van der Waals surface area contributed by atoms with Gasteiger partial charge in [0.2, 0.25) is 0 Å². The van der Waals surface area contributed by atoms with Crippen LogP contribution in [0.5, 0.6) is 0 Å². The SMILES string of the molecule is C[C@H]1CC[C@@H]([C@@H](O)c2ccc(Cl)c(Cl)c2)N1. The minimum Gasteiger partial charge on any atom is -0.387 e. The summed E-state index contributed by atoms with van der Waals surface area (Å²) in [5.74, 6) is 0. The van der Waals surface area contributed by atoms with E-state index in [1.165, 1.54) is 0 Å². The molecule has 1 fully saturated rings. The number of nitrogens with one attached hydrogen (secondary N) is 1. The Labute approximate surface area is 106 Å². The van der Waals surface area contributed by atoms with Gasteiger partial charge in [0.15, 0.2) is 0 Å². The number of benzene rings is 1. The van der Waals surface area contributed by atoms with Gasteiger partial charge in [-0.3, -0.25) is 0 Å². The maximum Gasteiger partial charge on any atom is 0.0943 e. The van der Waals surface area contributed by atoms with Crippen LogP contribution in [0.25, 0.3) is 0 Å². The van der Waals surface area contributed by atoms with Crippen LogP contribution in [0.15, 0.2) is 18.2 Å². The highest BCUT2D eigenvalue weighted by Crippen LogP contribution is 2.29. The predicted molar refractivity (Wildman–Crippen MR) is 67.0 cm³/mol. The third-order valence-electron chi connectivity index (χ3n) is 3.08. The second-order valence-electron chi connectivity index (χ2n) is 4.37. The molecule has 0 saturated carbocycles. The lowest BCUT2D eigenvalue weighted by Crippen LogP contribution is -2.32. The van der Waals surface area contributed by atoms with E-state index in [4.69, 9.17) is 23.2 Å². The zero-order valence-electron chi connectivity index (χ0n) is 9.08. The van der Waals surface area contributed by atoms with Crippen LogP contribution in [0, 0.1) is 0 Å². The quantitative estimate of drug-likeness (QED) is 0.856. The van der Waals surface area contributed by atoms with Gasteiger partial charge >= 0.3 is 0 Å². The molecule has 0 spiro atoms. The molecule has 4 heteroatoms. The van der Waals surface area contributed by atoms with Gasteiger partial charge in [-0.15, -0.1) is 0 Å². The minimum atomic E-state index is -0.514. The average Bonchev–Trinajstić information content (AvgIpc) is 2.68. The smallest absolute Gasteiger partial charge is 0.0943 e. The standard InChI is InChI=1S/C12H15Cl2NO/c1-7-2-5-11(15-7)12(16)8-3-4-9(13)10(14)6-8/h3-4,6-7,11-12,15-16H,2,5H2,1H3/t7-,11-,12-/m0/s1. The first-order chi connectivity index (χ1) is 7.58. The van der Waals surface area contributed by atoms with Crippen molar-refractivity contribution in [2.45, 2.75) is 38.0 Å². The Bertz CT molecular complexity index is 383. The fraction of sp³-hybridized carbons (Fsp3) is 0.500. The molecule has 0 unspecified atom stereocenters. The number of hydrogen-bond acceptors (Lipinski definition) is 2. The Morgan fingerprint density at radius 1 is 1.31 bits per heavy atom. The molecule has 2 rings (SSSR count). The molecule has 0 aromatic heterocycles. The van der Waals surface area contributed by atoms with E-state index in [0.717, 1.165) is 18.4 Å². The van der Waals surface area contributed by atoms with Gasteiger partial charge in [-0.05, 0) is 37.5 Å². The van der Waals surface area contributed by atoms with E-state index in [2.05, 4.69) is 12.2 Å². The van der Waals surface area contributed by atoms with Gasteiger partial charge < -0.3 is 10.4 Å². The lowest BCUT2D eigenvalue weighted by atomic mass is 10.0. The molecule has 88 valence electrons. The van der Waals surface area contributed by atoms with Crippen molar-refractivity contribution in [3.63, 3.8) is 0 Å². The Morgan fingerprint density at radius 2 is 2.06 bits per heavy atom. The molecule has 1 aromatic carbocycles. The van der Waals surface area contributed by atoms with Crippen LogP contribution in [0.1, 0.15) is 31.4 Å². The first-order valence-corrected chi connectivity index (χ1v) is 6.22. The molecule has 1 heterocycles. The molecular weight excluding hydrogens is 245 g/mol. The second-order valence-corrected chi connectivity index (χ2v) is 5.18. The highest BCUT2D eigenvalue weighted by molar-refractivity contribution is 6.42. The molecule has 1 aliphatic heterocycles. The van der Waals surface area contributed by atoms with E-state index in [1.807, 2.05) is 6.07 Å².